The van der Waals surface area contributed by atoms with Crippen molar-refractivity contribution in [3.05, 3.63) is 35.2 Å². The number of hydrogen-bond donors (Lipinski definition) is 0. The van der Waals surface area contributed by atoms with Crippen LogP contribution in [0, 0.1) is 0 Å². The van der Waals surface area contributed by atoms with Crippen LogP contribution in [-0.4, -0.2) is 9.97 Å². The first kappa shape index (κ1) is 8.53. The third-order valence-electron chi connectivity index (χ3n) is 1.56. The zero-order valence-corrected chi connectivity index (χ0v) is 7.88. The van der Waals surface area contributed by atoms with Gasteiger partial charge in [0.15, 0.2) is 0 Å². The van der Waals surface area contributed by atoms with Gasteiger partial charge in [-0.25, -0.2) is 9.97 Å². The van der Waals surface area contributed by atoms with Crippen LogP contribution in [0.2, 0.25) is 10.3 Å². The van der Waals surface area contributed by atoms with Crippen molar-refractivity contribution in [1.82, 2.24) is 9.97 Å². The number of hydrogen-bond acceptors (Lipinski definition) is 3. The van der Waals surface area contributed by atoms with Crippen molar-refractivity contribution in [1.29, 1.82) is 0 Å². The summed E-state index contributed by atoms with van der Waals surface area (Å²) >= 11 is 11.7. The van der Waals surface area contributed by atoms with Crippen molar-refractivity contribution < 1.29 is 4.42 Å². The molecule has 0 aliphatic rings. The van der Waals surface area contributed by atoms with Gasteiger partial charge in [0.05, 0.1) is 18.1 Å². The van der Waals surface area contributed by atoms with E-state index >= 15 is 0 Å². The molecule has 0 amide bonds. The van der Waals surface area contributed by atoms with Crippen LogP contribution < -0.4 is 0 Å². The summed E-state index contributed by atoms with van der Waals surface area (Å²) < 4.78 is 4.91. The lowest BCUT2D eigenvalue weighted by Gasteiger charge is -2.00. The number of nitrogens with zero attached hydrogens (tertiary/aromatic N) is 2. The van der Waals surface area contributed by atoms with Crippen LogP contribution in [-0.2, 0) is 0 Å². The zero-order chi connectivity index (χ0) is 9.26. The monoisotopic (exact) mass is 214 g/mol. The lowest BCUT2D eigenvalue weighted by Crippen LogP contribution is -1.86. The Balaban J connectivity index is 2.64. The molecule has 2 heterocycles. The average molecular weight is 215 g/mol. The summed E-state index contributed by atoms with van der Waals surface area (Å²) in [5.41, 5.74) is 1.37. The van der Waals surface area contributed by atoms with E-state index in [1.54, 1.807) is 6.07 Å². The van der Waals surface area contributed by atoms with Crippen LogP contribution in [0.3, 0.4) is 0 Å². The van der Waals surface area contributed by atoms with Gasteiger partial charge in [-0.05, 0) is 6.07 Å². The van der Waals surface area contributed by atoms with E-state index in [1.165, 1.54) is 18.9 Å². The fraction of sp³-hybridized carbons (Fsp3) is 0. The quantitative estimate of drug-likeness (QED) is 0.686. The van der Waals surface area contributed by atoms with Crippen LogP contribution in [0.15, 0.2) is 29.3 Å². The summed E-state index contributed by atoms with van der Waals surface area (Å²) in [6.07, 6.45) is 4.39. The molecule has 0 bridgehead atoms. The van der Waals surface area contributed by atoms with Gasteiger partial charge < -0.3 is 4.42 Å². The number of furan rings is 1. The predicted octanol–water partition coefficient (Wildman–Crippen LogP) is 3.04. The van der Waals surface area contributed by atoms with Crippen LogP contribution in [0.1, 0.15) is 0 Å². The van der Waals surface area contributed by atoms with E-state index < -0.39 is 0 Å². The SMILES string of the molecule is Clc1ncnc(Cl)c1-c1ccoc1. The Kier molecular flexibility index (Phi) is 2.20. The van der Waals surface area contributed by atoms with Gasteiger partial charge in [0.1, 0.15) is 16.6 Å². The first-order valence-electron chi connectivity index (χ1n) is 3.47. The van der Waals surface area contributed by atoms with Gasteiger partial charge in [-0.3, -0.25) is 0 Å². The molecule has 3 nitrogen and oxygen atoms in total. The Morgan fingerprint density at radius 1 is 1.15 bits per heavy atom. The highest BCUT2D eigenvalue weighted by Gasteiger charge is 2.10. The summed E-state index contributed by atoms with van der Waals surface area (Å²) in [6, 6.07) is 1.75. The molecule has 2 rings (SSSR count). The van der Waals surface area contributed by atoms with Crippen LogP contribution in [0.5, 0.6) is 0 Å². The van der Waals surface area contributed by atoms with Crippen LogP contribution >= 0.6 is 23.2 Å². The van der Waals surface area contributed by atoms with Gasteiger partial charge in [0.2, 0.25) is 0 Å². The van der Waals surface area contributed by atoms with E-state index in [-0.39, 0.29) is 0 Å². The molecule has 5 heteroatoms. The lowest BCUT2D eigenvalue weighted by atomic mass is 10.2. The Morgan fingerprint density at radius 3 is 2.38 bits per heavy atom. The molecule has 66 valence electrons. The largest absolute Gasteiger partial charge is 0.472 e. The van der Waals surface area contributed by atoms with Gasteiger partial charge in [0.25, 0.3) is 0 Å². The van der Waals surface area contributed by atoms with E-state index in [4.69, 9.17) is 27.6 Å². The minimum absolute atomic E-state index is 0.321. The first-order chi connectivity index (χ1) is 6.29. The summed E-state index contributed by atoms with van der Waals surface area (Å²) in [6.45, 7) is 0. The van der Waals surface area contributed by atoms with Crippen molar-refractivity contribution in [2.24, 2.45) is 0 Å². The van der Waals surface area contributed by atoms with Crippen molar-refractivity contribution in [3.8, 4) is 11.1 Å². The van der Waals surface area contributed by atoms with Crippen molar-refractivity contribution in [2.75, 3.05) is 0 Å². The molecule has 0 aliphatic carbocycles. The maximum absolute atomic E-state index is 5.84. The predicted molar refractivity (Wildman–Crippen MR) is 49.8 cm³/mol. The average Bonchev–Trinajstić information content (AvgIpc) is 2.57. The molecule has 0 spiro atoms. The number of halogens is 2. The molecular formula is C8H4Cl2N2O. The topological polar surface area (TPSA) is 38.9 Å². The second kappa shape index (κ2) is 3.36. The zero-order valence-electron chi connectivity index (χ0n) is 6.37. The van der Waals surface area contributed by atoms with E-state index in [0.29, 0.717) is 15.9 Å². The highest BCUT2D eigenvalue weighted by Crippen LogP contribution is 2.31. The minimum atomic E-state index is 0.321. The standard InChI is InChI=1S/C8H4Cl2N2O/c9-7-6(5-1-2-13-3-5)8(10)12-4-11-7/h1-4H. The van der Waals surface area contributed by atoms with Crippen LogP contribution in [0.25, 0.3) is 11.1 Å². The second-order valence-electron chi connectivity index (χ2n) is 2.34. The summed E-state index contributed by atoms with van der Waals surface area (Å²) in [7, 11) is 0. The van der Waals surface area contributed by atoms with Gasteiger partial charge in [-0.15, -0.1) is 0 Å². The summed E-state index contributed by atoms with van der Waals surface area (Å²) in [5.74, 6) is 0. The number of aromatic nitrogens is 2. The molecule has 0 unspecified atom stereocenters. The van der Waals surface area contributed by atoms with E-state index in [0.717, 1.165) is 5.56 Å². The van der Waals surface area contributed by atoms with Gasteiger partial charge >= 0.3 is 0 Å². The molecule has 0 aromatic carbocycles. The highest BCUT2D eigenvalue weighted by atomic mass is 35.5. The Bertz CT molecular complexity index is 394. The molecular weight excluding hydrogens is 211 g/mol. The van der Waals surface area contributed by atoms with Gasteiger partial charge in [0, 0.05) is 5.56 Å². The van der Waals surface area contributed by atoms with Crippen molar-refractivity contribution >= 4 is 23.2 Å². The Labute approximate surface area is 84.3 Å². The lowest BCUT2D eigenvalue weighted by molar-refractivity contribution is 0.568. The fourth-order valence-corrected chi connectivity index (χ4v) is 1.52. The smallest absolute Gasteiger partial charge is 0.141 e. The maximum Gasteiger partial charge on any atom is 0.141 e. The molecule has 2 aromatic heterocycles. The third kappa shape index (κ3) is 1.53. The van der Waals surface area contributed by atoms with E-state index in [2.05, 4.69) is 9.97 Å². The Hall–Kier alpha value is -1.06. The summed E-state index contributed by atoms with van der Waals surface area (Å²) in [4.78, 5) is 7.65. The van der Waals surface area contributed by atoms with E-state index in [1.807, 2.05) is 0 Å². The maximum atomic E-state index is 5.84. The van der Waals surface area contributed by atoms with Gasteiger partial charge in [-0.1, -0.05) is 23.2 Å². The highest BCUT2D eigenvalue weighted by molar-refractivity contribution is 6.37. The third-order valence-corrected chi connectivity index (χ3v) is 2.14. The molecule has 0 atom stereocenters. The number of rotatable bonds is 1. The van der Waals surface area contributed by atoms with Crippen LogP contribution in [0.4, 0.5) is 0 Å². The second-order valence-corrected chi connectivity index (χ2v) is 3.06. The molecule has 0 N–H and O–H groups in total. The molecule has 0 saturated heterocycles. The molecule has 0 aliphatic heterocycles. The molecule has 0 fully saturated rings. The van der Waals surface area contributed by atoms with E-state index in [9.17, 15) is 0 Å². The summed E-state index contributed by atoms with van der Waals surface area (Å²) in [5, 5.41) is 0.641. The fourth-order valence-electron chi connectivity index (χ4n) is 0.989. The first-order valence-corrected chi connectivity index (χ1v) is 4.23. The normalized spacial score (nSPS) is 10.3. The molecule has 13 heavy (non-hydrogen) atoms. The molecule has 0 saturated carbocycles. The molecule has 0 radical (unpaired) electrons. The van der Waals surface area contributed by atoms with Crippen molar-refractivity contribution in [3.63, 3.8) is 0 Å². The van der Waals surface area contributed by atoms with Gasteiger partial charge in [-0.2, -0.15) is 0 Å². The van der Waals surface area contributed by atoms with Crippen molar-refractivity contribution in [2.45, 2.75) is 0 Å². The Morgan fingerprint density at radius 2 is 1.85 bits per heavy atom. The molecule has 2 aromatic rings. The minimum Gasteiger partial charge on any atom is -0.472 e.